The molecule has 0 amide bonds. The van der Waals surface area contributed by atoms with E-state index in [1.165, 1.54) is 62.7 Å². The van der Waals surface area contributed by atoms with Crippen molar-refractivity contribution >= 4 is 11.4 Å². The summed E-state index contributed by atoms with van der Waals surface area (Å²) in [6.45, 7) is 13.7. The zero-order valence-electron chi connectivity index (χ0n) is 21.5. The van der Waals surface area contributed by atoms with E-state index in [-0.39, 0.29) is 6.79 Å². The average Bonchev–Trinajstić information content (AvgIpc) is 2.85. The van der Waals surface area contributed by atoms with Gasteiger partial charge in [-0.05, 0) is 74.2 Å². The fourth-order valence-corrected chi connectivity index (χ4v) is 3.81. The van der Waals surface area contributed by atoms with Gasteiger partial charge in [0.25, 0.3) is 0 Å². The lowest BCUT2D eigenvalue weighted by molar-refractivity contribution is 0.120. The van der Waals surface area contributed by atoms with Crippen LogP contribution in [0.2, 0.25) is 0 Å². The molecule has 33 heavy (non-hydrogen) atoms. The highest BCUT2D eigenvalue weighted by atomic mass is 16.7. The SMILES string of the molecule is CCCCN(CCCC)c1ccc(OCOc2ccc(N(CCCC)CCCC)cc2)cc1. The standard InChI is InChI=1S/C29H46N2O2/c1-5-9-21-30(22-10-6-2)26-13-17-28(18-14-26)32-25-33-29-19-15-27(16-20-29)31(23-11-7-3)24-12-8-4/h13-20H,5-12,21-25H2,1-4H3. The number of nitrogens with zero attached hydrogens (tertiary/aromatic N) is 2. The van der Waals surface area contributed by atoms with E-state index in [0.717, 1.165) is 37.7 Å². The molecule has 0 unspecified atom stereocenters. The second-order valence-corrected chi connectivity index (χ2v) is 8.78. The predicted molar refractivity (Wildman–Crippen MR) is 143 cm³/mol. The fourth-order valence-electron chi connectivity index (χ4n) is 3.81. The Labute approximate surface area is 202 Å². The minimum Gasteiger partial charge on any atom is -0.458 e. The Morgan fingerprint density at radius 3 is 1.06 bits per heavy atom. The van der Waals surface area contributed by atoms with Crippen LogP contribution in [0.3, 0.4) is 0 Å². The number of hydrogen-bond acceptors (Lipinski definition) is 4. The second-order valence-electron chi connectivity index (χ2n) is 8.78. The third-order valence-corrected chi connectivity index (χ3v) is 5.98. The summed E-state index contributed by atoms with van der Waals surface area (Å²) in [5, 5.41) is 0. The van der Waals surface area contributed by atoms with E-state index in [4.69, 9.17) is 9.47 Å². The van der Waals surface area contributed by atoms with Gasteiger partial charge in [0.2, 0.25) is 6.79 Å². The van der Waals surface area contributed by atoms with Gasteiger partial charge in [-0.15, -0.1) is 0 Å². The van der Waals surface area contributed by atoms with Crippen LogP contribution in [0.15, 0.2) is 48.5 Å². The fraction of sp³-hybridized carbons (Fsp3) is 0.586. The molecule has 0 aliphatic rings. The highest BCUT2D eigenvalue weighted by Crippen LogP contribution is 2.23. The monoisotopic (exact) mass is 454 g/mol. The lowest BCUT2D eigenvalue weighted by atomic mass is 10.2. The van der Waals surface area contributed by atoms with E-state index in [2.05, 4.69) is 61.8 Å². The van der Waals surface area contributed by atoms with Gasteiger partial charge < -0.3 is 19.3 Å². The first kappa shape index (κ1) is 26.9. The van der Waals surface area contributed by atoms with Crippen molar-refractivity contribution < 1.29 is 9.47 Å². The minimum atomic E-state index is 0.212. The third-order valence-electron chi connectivity index (χ3n) is 5.98. The molecule has 0 saturated heterocycles. The van der Waals surface area contributed by atoms with E-state index in [1.54, 1.807) is 0 Å². The molecule has 0 aliphatic carbocycles. The topological polar surface area (TPSA) is 24.9 Å². The maximum Gasteiger partial charge on any atom is 0.230 e. The molecular formula is C29H46N2O2. The normalized spacial score (nSPS) is 10.8. The van der Waals surface area contributed by atoms with Crippen LogP contribution in [-0.2, 0) is 0 Å². The van der Waals surface area contributed by atoms with Gasteiger partial charge in [-0.1, -0.05) is 53.4 Å². The molecule has 0 N–H and O–H groups in total. The maximum absolute atomic E-state index is 5.84. The summed E-state index contributed by atoms with van der Waals surface area (Å²) in [6, 6.07) is 16.8. The van der Waals surface area contributed by atoms with Gasteiger partial charge >= 0.3 is 0 Å². The molecule has 0 saturated carbocycles. The number of hydrogen-bond donors (Lipinski definition) is 0. The molecule has 0 aromatic heterocycles. The molecule has 0 atom stereocenters. The summed E-state index contributed by atoms with van der Waals surface area (Å²) in [6.07, 6.45) is 9.78. The van der Waals surface area contributed by atoms with E-state index >= 15 is 0 Å². The first-order chi connectivity index (χ1) is 16.2. The number of unbranched alkanes of at least 4 members (excludes halogenated alkanes) is 4. The van der Waals surface area contributed by atoms with Crippen LogP contribution in [0.4, 0.5) is 11.4 Å². The van der Waals surface area contributed by atoms with E-state index in [0.29, 0.717) is 0 Å². The molecule has 2 aromatic rings. The summed E-state index contributed by atoms with van der Waals surface area (Å²) in [5.74, 6) is 1.68. The highest BCUT2D eigenvalue weighted by Gasteiger charge is 2.07. The van der Waals surface area contributed by atoms with Crippen molar-refractivity contribution in [1.82, 2.24) is 0 Å². The zero-order valence-corrected chi connectivity index (χ0v) is 21.5. The highest BCUT2D eigenvalue weighted by molar-refractivity contribution is 5.50. The molecule has 2 rings (SSSR count). The van der Waals surface area contributed by atoms with Crippen LogP contribution >= 0.6 is 0 Å². The molecule has 2 aromatic carbocycles. The molecule has 0 aliphatic heterocycles. The van der Waals surface area contributed by atoms with Crippen molar-refractivity contribution in [3.05, 3.63) is 48.5 Å². The predicted octanol–water partition coefficient (Wildman–Crippen LogP) is 7.92. The summed E-state index contributed by atoms with van der Waals surface area (Å²) < 4.78 is 11.7. The van der Waals surface area contributed by atoms with E-state index in [1.807, 2.05) is 24.3 Å². The molecular weight excluding hydrogens is 408 g/mol. The quantitative estimate of drug-likeness (QED) is 0.214. The van der Waals surface area contributed by atoms with Gasteiger partial charge in [-0.2, -0.15) is 0 Å². The molecule has 4 heteroatoms. The Morgan fingerprint density at radius 1 is 0.485 bits per heavy atom. The Kier molecular flexibility index (Phi) is 13.3. The third kappa shape index (κ3) is 9.98. The van der Waals surface area contributed by atoms with Crippen LogP contribution in [0.25, 0.3) is 0 Å². The maximum atomic E-state index is 5.84. The summed E-state index contributed by atoms with van der Waals surface area (Å²) in [7, 11) is 0. The van der Waals surface area contributed by atoms with E-state index in [9.17, 15) is 0 Å². The molecule has 0 heterocycles. The van der Waals surface area contributed by atoms with Gasteiger partial charge in [0, 0.05) is 37.6 Å². The van der Waals surface area contributed by atoms with Crippen molar-refractivity contribution in [2.45, 2.75) is 79.1 Å². The summed E-state index contributed by atoms with van der Waals surface area (Å²) in [4.78, 5) is 4.97. The smallest absolute Gasteiger partial charge is 0.230 e. The van der Waals surface area contributed by atoms with Crippen molar-refractivity contribution in [1.29, 1.82) is 0 Å². The zero-order chi connectivity index (χ0) is 23.7. The van der Waals surface area contributed by atoms with Crippen LogP contribution in [-0.4, -0.2) is 33.0 Å². The van der Waals surface area contributed by atoms with Crippen molar-refractivity contribution in [2.75, 3.05) is 42.8 Å². The van der Waals surface area contributed by atoms with Gasteiger partial charge in [0.1, 0.15) is 11.5 Å². The van der Waals surface area contributed by atoms with Gasteiger partial charge in [-0.25, -0.2) is 0 Å². The Hall–Kier alpha value is -2.36. The van der Waals surface area contributed by atoms with Crippen LogP contribution in [0, 0.1) is 0 Å². The minimum absolute atomic E-state index is 0.212. The number of rotatable bonds is 18. The van der Waals surface area contributed by atoms with Crippen molar-refractivity contribution in [2.24, 2.45) is 0 Å². The Bertz CT molecular complexity index is 651. The van der Waals surface area contributed by atoms with Crippen LogP contribution in [0.5, 0.6) is 11.5 Å². The first-order valence-electron chi connectivity index (χ1n) is 13.2. The average molecular weight is 455 g/mol. The van der Waals surface area contributed by atoms with Gasteiger partial charge in [-0.3, -0.25) is 0 Å². The first-order valence-corrected chi connectivity index (χ1v) is 13.2. The van der Waals surface area contributed by atoms with Gasteiger partial charge in [0.05, 0.1) is 0 Å². The van der Waals surface area contributed by atoms with Gasteiger partial charge in [0.15, 0.2) is 0 Å². The second kappa shape index (κ2) is 16.3. The molecule has 0 spiro atoms. The van der Waals surface area contributed by atoms with Crippen LogP contribution < -0.4 is 19.3 Å². The molecule has 0 fully saturated rings. The summed E-state index contributed by atoms with van der Waals surface area (Å²) in [5.41, 5.74) is 2.55. The Balaban J connectivity index is 1.85. The molecule has 4 nitrogen and oxygen atoms in total. The molecule has 0 radical (unpaired) electrons. The number of benzene rings is 2. The van der Waals surface area contributed by atoms with E-state index < -0.39 is 0 Å². The van der Waals surface area contributed by atoms with Crippen molar-refractivity contribution in [3.63, 3.8) is 0 Å². The Morgan fingerprint density at radius 2 is 0.788 bits per heavy atom. The summed E-state index contributed by atoms with van der Waals surface area (Å²) >= 11 is 0. The van der Waals surface area contributed by atoms with Crippen LogP contribution in [0.1, 0.15) is 79.1 Å². The molecule has 184 valence electrons. The lowest BCUT2D eigenvalue weighted by Gasteiger charge is -2.25. The molecule has 0 bridgehead atoms. The number of ether oxygens (including phenoxy) is 2. The largest absolute Gasteiger partial charge is 0.458 e. The number of anilines is 2. The van der Waals surface area contributed by atoms with Crippen molar-refractivity contribution in [3.8, 4) is 11.5 Å². The lowest BCUT2D eigenvalue weighted by Crippen LogP contribution is -2.25.